The summed E-state index contributed by atoms with van der Waals surface area (Å²) < 4.78 is 0. The van der Waals surface area contributed by atoms with Gasteiger partial charge in [0, 0.05) is 18.0 Å². The van der Waals surface area contributed by atoms with Crippen LogP contribution in [0.25, 0.3) is 0 Å². The van der Waals surface area contributed by atoms with Crippen LogP contribution < -0.4 is 4.90 Å². The Kier molecular flexibility index (Phi) is 5.00. The highest BCUT2D eigenvalue weighted by molar-refractivity contribution is 7.99. The number of hydrogen-bond acceptors (Lipinski definition) is 3. The van der Waals surface area contributed by atoms with Crippen molar-refractivity contribution >= 4 is 17.4 Å². The van der Waals surface area contributed by atoms with E-state index in [1.807, 2.05) is 0 Å². The fourth-order valence-electron chi connectivity index (χ4n) is 2.74. The molecule has 0 atom stereocenters. The van der Waals surface area contributed by atoms with Gasteiger partial charge in [-0.2, -0.15) is 5.26 Å². The Hall–Kier alpha value is -1.40. The molecule has 1 aromatic rings. The molecule has 1 heterocycles. The largest absolute Gasteiger partial charge is 0.366 e. The van der Waals surface area contributed by atoms with Gasteiger partial charge in [-0.25, -0.2) is 0 Å². The zero-order valence-corrected chi connectivity index (χ0v) is 14.3. The van der Waals surface area contributed by atoms with Gasteiger partial charge in [0.2, 0.25) is 0 Å². The van der Waals surface area contributed by atoms with Crippen LogP contribution in [0.1, 0.15) is 39.7 Å². The molecule has 21 heavy (non-hydrogen) atoms. The van der Waals surface area contributed by atoms with Gasteiger partial charge in [0.05, 0.1) is 11.3 Å². The lowest BCUT2D eigenvalue weighted by Gasteiger charge is -2.34. The summed E-state index contributed by atoms with van der Waals surface area (Å²) in [4.78, 5) is 3.43. The molecule has 3 heteroatoms. The summed E-state index contributed by atoms with van der Waals surface area (Å²) in [5, 5.41) is 9.53. The van der Waals surface area contributed by atoms with E-state index in [-0.39, 0.29) is 5.41 Å². The molecule has 2 nitrogen and oxygen atoms in total. The first-order valence-corrected chi connectivity index (χ1v) is 8.56. The first kappa shape index (κ1) is 16.0. The third kappa shape index (κ3) is 3.63. The van der Waals surface area contributed by atoms with E-state index in [0.29, 0.717) is 0 Å². The second-order valence-electron chi connectivity index (χ2n) is 6.37. The van der Waals surface area contributed by atoms with Crippen molar-refractivity contribution in [3.8, 4) is 6.07 Å². The van der Waals surface area contributed by atoms with E-state index >= 15 is 0 Å². The topological polar surface area (TPSA) is 27.0 Å². The summed E-state index contributed by atoms with van der Waals surface area (Å²) in [6.45, 7) is 10.8. The maximum absolute atomic E-state index is 9.53. The molecule has 0 aliphatic carbocycles. The van der Waals surface area contributed by atoms with Crippen LogP contribution in [-0.2, 0) is 0 Å². The fourth-order valence-corrected chi connectivity index (χ4v) is 3.52. The van der Waals surface area contributed by atoms with Crippen molar-refractivity contribution in [3.05, 3.63) is 35.4 Å². The Balaban J connectivity index is 2.27. The Bertz CT molecular complexity index is 576. The third-order valence-corrected chi connectivity index (χ3v) is 4.87. The monoisotopic (exact) mass is 300 g/mol. The van der Waals surface area contributed by atoms with E-state index in [9.17, 15) is 5.26 Å². The van der Waals surface area contributed by atoms with Crippen LogP contribution in [0.15, 0.2) is 34.7 Å². The highest BCUT2D eigenvalue weighted by Crippen LogP contribution is 2.34. The number of benzene rings is 1. The zero-order chi connectivity index (χ0) is 15.5. The van der Waals surface area contributed by atoms with Gasteiger partial charge < -0.3 is 4.90 Å². The van der Waals surface area contributed by atoms with Gasteiger partial charge in [-0.1, -0.05) is 45.4 Å². The zero-order valence-electron chi connectivity index (χ0n) is 13.4. The number of rotatable bonds is 3. The van der Waals surface area contributed by atoms with Gasteiger partial charge in [0.15, 0.2) is 0 Å². The number of thioether (sulfide) groups is 1. The average molecular weight is 300 g/mol. The SMILES string of the molecule is CCSc1cccc(N2CC=C(C(C)(C)C)CC2)c1C#N. The minimum Gasteiger partial charge on any atom is -0.366 e. The molecule has 112 valence electrons. The minimum atomic E-state index is 0.254. The minimum absolute atomic E-state index is 0.254. The quantitative estimate of drug-likeness (QED) is 0.589. The summed E-state index contributed by atoms with van der Waals surface area (Å²) >= 11 is 1.74. The standard InChI is InChI=1S/C18H24N2S/c1-5-21-17-8-6-7-16(15(17)13-19)20-11-9-14(10-12-20)18(2,3)4/h6-9H,5,10-12H2,1-4H3. The van der Waals surface area contributed by atoms with E-state index in [2.05, 4.69) is 62.9 Å². The van der Waals surface area contributed by atoms with Crippen LogP contribution in [0.3, 0.4) is 0 Å². The number of nitrogens with zero attached hydrogens (tertiary/aromatic N) is 2. The molecule has 0 saturated heterocycles. The highest BCUT2D eigenvalue weighted by Gasteiger charge is 2.23. The van der Waals surface area contributed by atoms with Crippen molar-refractivity contribution in [2.75, 3.05) is 23.7 Å². The fraction of sp³-hybridized carbons (Fsp3) is 0.500. The molecule has 1 aliphatic heterocycles. The summed E-state index contributed by atoms with van der Waals surface area (Å²) in [7, 11) is 0. The lowest BCUT2D eigenvalue weighted by atomic mass is 9.83. The molecule has 0 N–H and O–H groups in total. The summed E-state index contributed by atoms with van der Waals surface area (Å²) in [6, 6.07) is 8.60. The van der Waals surface area contributed by atoms with Gasteiger partial charge in [0.1, 0.15) is 6.07 Å². The number of nitriles is 1. The Morgan fingerprint density at radius 1 is 1.33 bits per heavy atom. The molecule has 1 aliphatic rings. The van der Waals surface area contributed by atoms with E-state index < -0.39 is 0 Å². The normalized spacial score (nSPS) is 15.6. The molecule has 2 rings (SSSR count). The number of hydrogen-bond donors (Lipinski definition) is 0. The first-order chi connectivity index (χ1) is 9.97. The molecule has 0 bridgehead atoms. The van der Waals surface area contributed by atoms with E-state index in [4.69, 9.17) is 0 Å². The van der Waals surface area contributed by atoms with Gasteiger partial charge >= 0.3 is 0 Å². The molecular weight excluding hydrogens is 276 g/mol. The molecule has 0 spiro atoms. The molecule has 0 saturated carbocycles. The summed E-state index contributed by atoms with van der Waals surface area (Å²) in [6.07, 6.45) is 3.42. The maximum Gasteiger partial charge on any atom is 0.103 e. The van der Waals surface area contributed by atoms with Crippen molar-refractivity contribution in [1.82, 2.24) is 0 Å². The molecule has 0 fully saturated rings. The lowest BCUT2D eigenvalue weighted by molar-refractivity contribution is 0.472. The van der Waals surface area contributed by atoms with Crippen molar-refractivity contribution in [2.24, 2.45) is 5.41 Å². The summed E-state index contributed by atoms with van der Waals surface area (Å²) in [5.74, 6) is 0.992. The molecular formula is C18H24N2S. The van der Waals surface area contributed by atoms with Crippen LogP contribution >= 0.6 is 11.8 Å². The van der Waals surface area contributed by atoms with Crippen LogP contribution in [0.2, 0.25) is 0 Å². The predicted octanol–water partition coefficient (Wildman–Crippen LogP) is 4.85. The van der Waals surface area contributed by atoms with Gasteiger partial charge in [-0.05, 0) is 29.7 Å². The number of anilines is 1. The Labute approximate surface area is 132 Å². The second-order valence-corrected chi connectivity index (χ2v) is 7.68. The Morgan fingerprint density at radius 2 is 2.10 bits per heavy atom. The van der Waals surface area contributed by atoms with Crippen LogP contribution in [0.5, 0.6) is 0 Å². The third-order valence-electron chi connectivity index (χ3n) is 3.93. The van der Waals surface area contributed by atoms with Crippen molar-refractivity contribution in [3.63, 3.8) is 0 Å². The van der Waals surface area contributed by atoms with Gasteiger partial charge in [0.25, 0.3) is 0 Å². The van der Waals surface area contributed by atoms with Gasteiger partial charge in [-0.3, -0.25) is 0 Å². The van der Waals surface area contributed by atoms with E-state index in [1.165, 1.54) is 5.57 Å². The van der Waals surface area contributed by atoms with Crippen LogP contribution in [-0.4, -0.2) is 18.8 Å². The van der Waals surface area contributed by atoms with Crippen molar-refractivity contribution in [1.29, 1.82) is 5.26 Å². The first-order valence-electron chi connectivity index (χ1n) is 7.57. The van der Waals surface area contributed by atoms with Crippen molar-refractivity contribution in [2.45, 2.75) is 39.0 Å². The van der Waals surface area contributed by atoms with Crippen LogP contribution in [0, 0.1) is 16.7 Å². The second kappa shape index (κ2) is 6.58. The Morgan fingerprint density at radius 3 is 2.62 bits per heavy atom. The average Bonchev–Trinajstić information content (AvgIpc) is 2.46. The van der Waals surface area contributed by atoms with E-state index in [0.717, 1.165) is 41.4 Å². The summed E-state index contributed by atoms with van der Waals surface area (Å²) in [5.41, 5.74) is 3.69. The highest BCUT2D eigenvalue weighted by atomic mass is 32.2. The molecule has 0 radical (unpaired) electrons. The smallest absolute Gasteiger partial charge is 0.103 e. The van der Waals surface area contributed by atoms with Crippen LogP contribution in [0.4, 0.5) is 5.69 Å². The molecule has 1 aromatic carbocycles. The molecule has 0 aromatic heterocycles. The van der Waals surface area contributed by atoms with Gasteiger partial charge in [-0.15, -0.1) is 11.8 Å². The molecule has 0 amide bonds. The van der Waals surface area contributed by atoms with Crippen molar-refractivity contribution < 1.29 is 0 Å². The molecule has 0 unspecified atom stereocenters. The lowest BCUT2D eigenvalue weighted by Crippen LogP contribution is -2.31. The maximum atomic E-state index is 9.53. The predicted molar refractivity (Wildman–Crippen MR) is 91.9 cm³/mol. The van der Waals surface area contributed by atoms with E-state index in [1.54, 1.807) is 11.8 Å².